The average molecular weight is 255 g/mol. The van der Waals surface area contributed by atoms with E-state index < -0.39 is 28.0 Å². The number of esters is 1. The second-order valence-corrected chi connectivity index (χ2v) is 3.22. The van der Waals surface area contributed by atoms with Crippen molar-refractivity contribution in [3.63, 3.8) is 0 Å². The number of rotatable bonds is 4. The number of nitro benzene ring substituents is 1. The summed E-state index contributed by atoms with van der Waals surface area (Å²) in [6.07, 6.45) is 2.41. The van der Waals surface area contributed by atoms with Gasteiger partial charge in [0.05, 0.1) is 18.6 Å². The van der Waals surface area contributed by atoms with Gasteiger partial charge in [-0.2, -0.15) is 0 Å². The van der Waals surface area contributed by atoms with E-state index in [0.29, 0.717) is 0 Å². The Labute approximate surface area is 101 Å². The molecule has 0 radical (unpaired) electrons. The average Bonchev–Trinajstić information content (AvgIpc) is 2.35. The largest absolute Gasteiger partial charge is 0.465 e. The van der Waals surface area contributed by atoms with Gasteiger partial charge in [-0.25, -0.2) is 9.18 Å². The predicted octanol–water partition coefficient (Wildman–Crippen LogP) is 1.53. The second kappa shape index (κ2) is 5.87. The SMILES string of the molecule is COC(=O)c1cc(F)c(C=CCO)cc1[N+](=O)[O-]. The summed E-state index contributed by atoms with van der Waals surface area (Å²) >= 11 is 0. The zero-order valence-corrected chi connectivity index (χ0v) is 9.42. The summed E-state index contributed by atoms with van der Waals surface area (Å²) in [4.78, 5) is 21.2. The molecular weight excluding hydrogens is 245 g/mol. The van der Waals surface area contributed by atoms with Gasteiger partial charge in [0.2, 0.25) is 0 Å². The summed E-state index contributed by atoms with van der Waals surface area (Å²) in [6.45, 7) is -0.327. The normalized spacial score (nSPS) is 10.6. The van der Waals surface area contributed by atoms with Crippen molar-refractivity contribution in [2.75, 3.05) is 13.7 Å². The summed E-state index contributed by atoms with van der Waals surface area (Å²) < 4.78 is 17.9. The Morgan fingerprint density at radius 3 is 2.78 bits per heavy atom. The van der Waals surface area contributed by atoms with Gasteiger partial charge in [0.25, 0.3) is 5.69 Å². The van der Waals surface area contributed by atoms with Crippen LogP contribution in [0.1, 0.15) is 15.9 Å². The third kappa shape index (κ3) is 2.89. The molecule has 1 aromatic carbocycles. The fraction of sp³-hybridized carbons (Fsp3) is 0.182. The zero-order chi connectivity index (χ0) is 13.7. The summed E-state index contributed by atoms with van der Waals surface area (Å²) in [7, 11) is 1.05. The van der Waals surface area contributed by atoms with Crippen LogP contribution in [0.4, 0.5) is 10.1 Å². The van der Waals surface area contributed by atoms with Gasteiger partial charge in [-0.15, -0.1) is 0 Å². The number of hydrogen-bond donors (Lipinski definition) is 1. The first kappa shape index (κ1) is 13.8. The molecule has 0 fully saturated rings. The van der Waals surface area contributed by atoms with Gasteiger partial charge in [0, 0.05) is 11.6 Å². The van der Waals surface area contributed by atoms with E-state index >= 15 is 0 Å². The van der Waals surface area contributed by atoms with Crippen LogP contribution in [0.3, 0.4) is 0 Å². The predicted molar refractivity (Wildman–Crippen MR) is 60.5 cm³/mol. The highest BCUT2D eigenvalue weighted by Crippen LogP contribution is 2.24. The Morgan fingerprint density at radius 2 is 2.28 bits per heavy atom. The molecule has 0 heterocycles. The van der Waals surface area contributed by atoms with E-state index in [2.05, 4.69) is 4.74 Å². The topological polar surface area (TPSA) is 89.7 Å². The number of nitro groups is 1. The van der Waals surface area contributed by atoms with Gasteiger partial charge >= 0.3 is 5.97 Å². The van der Waals surface area contributed by atoms with E-state index in [1.54, 1.807) is 0 Å². The summed E-state index contributed by atoms with van der Waals surface area (Å²) in [5, 5.41) is 19.3. The summed E-state index contributed by atoms with van der Waals surface area (Å²) in [5.41, 5.74) is -1.11. The molecule has 0 aliphatic heterocycles. The Balaban J connectivity index is 3.39. The van der Waals surface area contributed by atoms with E-state index in [0.717, 1.165) is 19.2 Å². The van der Waals surface area contributed by atoms with Crippen LogP contribution in [0.15, 0.2) is 18.2 Å². The molecular formula is C11H10FNO5. The van der Waals surface area contributed by atoms with Crippen LogP contribution < -0.4 is 0 Å². The maximum atomic E-state index is 13.6. The highest BCUT2D eigenvalue weighted by atomic mass is 19.1. The highest BCUT2D eigenvalue weighted by Gasteiger charge is 2.23. The molecule has 0 amide bonds. The number of carbonyl (C=O) groups is 1. The number of methoxy groups -OCH3 is 1. The van der Waals surface area contributed by atoms with Crippen LogP contribution in [0.2, 0.25) is 0 Å². The van der Waals surface area contributed by atoms with Crippen molar-refractivity contribution in [2.45, 2.75) is 0 Å². The van der Waals surface area contributed by atoms with Crippen molar-refractivity contribution in [3.05, 3.63) is 45.3 Å². The fourth-order valence-electron chi connectivity index (χ4n) is 1.31. The van der Waals surface area contributed by atoms with E-state index in [4.69, 9.17) is 5.11 Å². The summed E-state index contributed by atoms with van der Waals surface area (Å²) in [5.74, 6) is -1.80. The lowest BCUT2D eigenvalue weighted by atomic mass is 10.1. The molecule has 1 N–H and O–H groups in total. The van der Waals surface area contributed by atoms with E-state index in [-0.39, 0.29) is 12.2 Å². The van der Waals surface area contributed by atoms with Gasteiger partial charge in [0.1, 0.15) is 11.4 Å². The van der Waals surface area contributed by atoms with Crippen molar-refractivity contribution >= 4 is 17.7 Å². The van der Waals surface area contributed by atoms with Crippen LogP contribution in [0, 0.1) is 15.9 Å². The minimum Gasteiger partial charge on any atom is -0.465 e. The molecule has 0 saturated carbocycles. The third-order valence-electron chi connectivity index (χ3n) is 2.12. The van der Waals surface area contributed by atoms with Gasteiger partial charge in [0.15, 0.2) is 0 Å². The Hall–Kier alpha value is -2.28. The van der Waals surface area contributed by atoms with E-state index in [9.17, 15) is 19.3 Å². The van der Waals surface area contributed by atoms with Gasteiger partial charge in [-0.3, -0.25) is 10.1 Å². The van der Waals surface area contributed by atoms with Crippen molar-refractivity contribution in [1.29, 1.82) is 0 Å². The molecule has 0 aromatic heterocycles. The minimum atomic E-state index is -0.988. The first-order valence-corrected chi connectivity index (χ1v) is 4.85. The Bertz CT molecular complexity index is 512. The molecule has 0 aliphatic carbocycles. The Morgan fingerprint density at radius 1 is 1.61 bits per heavy atom. The van der Waals surface area contributed by atoms with Crippen LogP contribution in [-0.4, -0.2) is 29.7 Å². The van der Waals surface area contributed by atoms with Crippen molar-refractivity contribution < 1.29 is 24.0 Å². The van der Waals surface area contributed by atoms with Crippen molar-refractivity contribution in [1.82, 2.24) is 0 Å². The number of benzene rings is 1. The maximum Gasteiger partial charge on any atom is 0.344 e. The summed E-state index contributed by atoms with van der Waals surface area (Å²) in [6, 6.07) is 1.65. The third-order valence-corrected chi connectivity index (χ3v) is 2.12. The molecule has 0 bridgehead atoms. The van der Waals surface area contributed by atoms with E-state index in [1.807, 2.05) is 0 Å². The van der Waals surface area contributed by atoms with Crippen LogP contribution in [0.5, 0.6) is 0 Å². The van der Waals surface area contributed by atoms with Gasteiger partial charge in [-0.05, 0) is 6.07 Å². The molecule has 0 saturated heterocycles. The molecule has 6 nitrogen and oxygen atoms in total. The lowest BCUT2D eigenvalue weighted by molar-refractivity contribution is -0.385. The molecule has 7 heteroatoms. The molecule has 1 rings (SSSR count). The van der Waals surface area contributed by atoms with E-state index in [1.165, 1.54) is 12.2 Å². The first-order valence-electron chi connectivity index (χ1n) is 4.85. The number of aliphatic hydroxyl groups excluding tert-OH is 1. The monoisotopic (exact) mass is 255 g/mol. The van der Waals surface area contributed by atoms with Crippen LogP contribution >= 0.6 is 0 Å². The number of aliphatic hydroxyl groups is 1. The lowest BCUT2D eigenvalue weighted by Gasteiger charge is -2.03. The first-order chi connectivity index (χ1) is 8.51. The molecule has 96 valence electrons. The second-order valence-electron chi connectivity index (χ2n) is 3.22. The fourth-order valence-corrected chi connectivity index (χ4v) is 1.31. The molecule has 1 aromatic rings. The number of carbonyl (C=O) groups excluding carboxylic acids is 1. The molecule has 0 aliphatic rings. The van der Waals surface area contributed by atoms with Crippen molar-refractivity contribution in [3.8, 4) is 0 Å². The van der Waals surface area contributed by atoms with Gasteiger partial charge < -0.3 is 9.84 Å². The van der Waals surface area contributed by atoms with Crippen LogP contribution in [-0.2, 0) is 4.74 Å². The smallest absolute Gasteiger partial charge is 0.344 e. The number of nitrogens with zero attached hydrogens (tertiary/aromatic N) is 1. The maximum absolute atomic E-state index is 13.6. The number of halogens is 1. The number of ether oxygens (including phenoxy) is 1. The quantitative estimate of drug-likeness (QED) is 0.500. The Kier molecular flexibility index (Phi) is 4.50. The molecule has 0 spiro atoms. The minimum absolute atomic E-state index is 0.0941. The van der Waals surface area contributed by atoms with Crippen molar-refractivity contribution in [2.24, 2.45) is 0 Å². The highest BCUT2D eigenvalue weighted by molar-refractivity contribution is 5.94. The lowest BCUT2D eigenvalue weighted by Crippen LogP contribution is -2.07. The molecule has 18 heavy (non-hydrogen) atoms. The van der Waals surface area contributed by atoms with Crippen LogP contribution in [0.25, 0.3) is 6.08 Å². The standard InChI is InChI=1S/C11H10FNO5/c1-18-11(15)8-6-9(12)7(3-2-4-14)5-10(8)13(16)17/h2-3,5-6,14H,4H2,1H3. The zero-order valence-electron chi connectivity index (χ0n) is 9.42. The molecule has 0 atom stereocenters. The van der Waals surface area contributed by atoms with Gasteiger partial charge in [-0.1, -0.05) is 12.2 Å². The molecule has 0 unspecified atom stereocenters. The number of hydrogen-bond acceptors (Lipinski definition) is 5.